The molecule has 0 bridgehead atoms. The van der Waals surface area contributed by atoms with Gasteiger partial charge < -0.3 is 4.90 Å². The zero-order valence-electron chi connectivity index (χ0n) is 11.8. The van der Waals surface area contributed by atoms with Crippen LogP contribution in [0.3, 0.4) is 0 Å². The second-order valence-electron chi connectivity index (χ2n) is 5.45. The van der Waals surface area contributed by atoms with Gasteiger partial charge in [0.1, 0.15) is 11.6 Å². The van der Waals surface area contributed by atoms with Gasteiger partial charge in [-0.15, -0.1) is 0 Å². The van der Waals surface area contributed by atoms with Gasteiger partial charge in [-0.05, 0) is 37.2 Å². The number of halogens is 1. The number of likely N-dealkylation sites (tertiary alicyclic amines) is 1. The Morgan fingerprint density at radius 2 is 2.05 bits per heavy atom. The highest BCUT2D eigenvalue weighted by Gasteiger charge is 2.22. The number of carbonyl (C=O) groups is 2. The predicted octanol–water partition coefficient (Wildman–Crippen LogP) is 2.70. The zero-order chi connectivity index (χ0) is 14.5. The molecule has 1 aromatic rings. The Hall–Kier alpha value is -1.55. The molecule has 1 unspecified atom stereocenters. The van der Waals surface area contributed by atoms with E-state index in [1.54, 1.807) is 0 Å². The SMILES string of the molecule is CC1CN(CCCC(=O)c2ccc(F)cc2)CCC1=O. The molecule has 1 saturated heterocycles. The molecular formula is C16H20FNO2. The van der Waals surface area contributed by atoms with Crippen molar-refractivity contribution in [2.45, 2.75) is 26.2 Å². The number of hydrogen-bond acceptors (Lipinski definition) is 3. The number of benzene rings is 1. The number of hydrogen-bond donors (Lipinski definition) is 0. The van der Waals surface area contributed by atoms with Crippen LogP contribution in [0.15, 0.2) is 24.3 Å². The van der Waals surface area contributed by atoms with Crippen molar-refractivity contribution in [1.29, 1.82) is 0 Å². The highest BCUT2D eigenvalue weighted by atomic mass is 19.1. The maximum Gasteiger partial charge on any atom is 0.162 e. The van der Waals surface area contributed by atoms with Gasteiger partial charge in [0, 0.05) is 37.4 Å². The molecule has 0 aromatic heterocycles. The quantitative estimate of drug-likeness (QED) is 0.777. The van der Waals surface area contributed by atoms with Gasteiger partial charge in [-0.2, -0.15) is 0 Å². The van der Waals surface area contributed by atoms with Crippen molar-refractivity contribution in [2.24, 2.45) is 5.92 Å². The number of ketones is 2. The summed E-state index contributed by atoms with van der Waals surface area (Å²) < 4.78 is 12.8. The number of rotatable bonds is 5. The highest BCUT2D eigenvalue weighted by molar-refractivity contribution is 5.95. The normalized spacial score (nSPS) is 20.1. The van der Waals surface area contributed by atoms with Gasteiger partial charge in [0.05, 0.1) is 0 Å². The molecule has 0 aliphatic carbocycles. The summed E-state index contributed by atoms with van der Waals surface area (Å²) >= 11 is 0. The Bertz CT molecular complexity index is 484. The monoisotopic (exact) mass is 277 g/mol. The average molecular weight is 277 g/mol. The first-order valence-corrected chi connectivity index (χ1v) is 7.10. The van der Waals surface area contributed by atoms with Crippen molar-refractivity contribution in [3.63, 3.8) is 0 Å². The minimum absolute atomic E-state index is 0.0473. The lowest BCUT2D eigenvalue weighted by Gasteiger charge is -2.29. The van der Waals surface area contributed by atoms with E-state index in [4.69, 9.17) is 0 Å². The van der Waals surface area contributed by atoms with E-state index in [1.807, 2.05) is 6.92 Å². The van der Waals surface area contributed by atoms with Crippen LogP contribution in [0.1, 0.15) is 36.5 Å². The molecule has 1 aromatic carbocycles. The van der Waals surface area contributed by atoms with E-state index in [2.05, 4.69) is 4.90 Å². The Labute approximate surface area is 118 Å². The standard InChI is InChI=1S/C16H20FNO2/c1-12-11-18(10-8-15(12)19)9-2-3-16(20)13-4-6-14(17)7-5-13/h4-7,12H,2-3,8-11H2,1H3. The van der Waals surface area contributed by atoms with Crippen molar-refractivity contribution in [3.05, 3.63) is 35.6 Å². The molecular weight excluding hydrogens is 257 g/mol. The molecule has 3 nitrogen and oxygen atoms in total. The van der Waals surface area contributed by atoms with Crippen LogP contribution >= 0.6 is 0 Å². The lowest BCUT2D eigenvalue weighted by Crippen LogP contribution is -2.40. The Balaban J connectivity index is 1.74. The summed E-state index contributed by atoms with van der Waals surface area (Å²) in [6.45, 7) is 4.39. The summed E-state index contributed by atoms with van der Waals surface area (Å²) in [6, 6.07) is 5.68. The van der Waals surface area contributed by atoms with E-state index in [9.17, 15) is 14.0 Å². The molecule has 0 amide bonds. The van der Waals surface area contributed by atoms with E-state index in [1.165, 1.54) is 24.3 Å². The fraction of sp³-hybridized carbons (Fsp3) is 0.500. The molecule has 2 rings (SSSR count). The van der Waals surface area contributed by atoms with Crippen LogP contribution in [0.25, 0.3) is 0 Å². The largest absolute Gasteiger partial charge is 0.302 e. The summed E-state index contributed by atoms with van der Waals surface area (Å²) in [5.41, 5.74) is 0.564. The second-order valence-corrected chi connectivity index (χ2v) is 5.45. The van der Waals surface area contributed by atoms with Crippen LogP contribution in [-0.2, 0) is 4.79 Å². The highest BCUT2D eigenvalue weighted by Crippen LogP contribution is 2.14. The first-order valence-electron chi connectivity index (χ1n) is 7.10. The Morgan fingerprint density at radius 3 is 2.70 bits per heavy atom. The fourth-order valence-corrected chi connectivity index (χ4v) is 2.54. The molecule has 1 aliphatic heterocycles. The first-order chi connectivity index (χ1) is 9.56. The van der Waals surface area contributed by atoms with E-state index in [-0.39, 0.29) is 17.5 Å². The molecule has 1 aliphatic rings. The minimum Gasteiger partial charge on any atom is -0.302 e. The Kier molecular flexibility index (Phi) is 5.01. The summed E-state index contributed by atoms with van der Waals surface area (Å²) in [4.78, 5) is 25.6. The van der Waals surface area contributed by atoms with Crippen LogP contribution in [0.4, 0.5) is 4.39 Å². The third-order valence-corrected chi connectivity index (χ3v) is 3.80. The minimum atomic E-state index is -0.325. The average Bonchev–Trinajstić information content (AvgIpc) is 2.43. The molecule has 20 heavy (non-hydrogen) atoms. The molecule has 1 heterocycles. The fourth-order valence-electron chi connectivity index (χ4n) is 2.54. The summed E-state index contributed by atoms with van der Waals surface area (Å²) in [6.07, 6.45) is 1.86. The maximum absolute atomic E-state index is 12.8. The van der Waals surface area contributed by atoms with Gasteiger partial charge in [0.15, 0.2) is 5.78 Å². The zero-order valence-corrected chi connectivity index (χ0v) is 11.8. The molecule has 108 valence electrons. The molecule has 0 radical (unpaired) electrons. The van der Waals surface area contributed by atoms with Crippen molar-refractivity contribution < 1.29 is 14.0 Å². The van der Waals surface area contributed by atoms with E-state index >= 15 is 0 Å². The summed E-state index contributed by atoms with van der Waals surface area (Å²) in [5.74, 6) is 0.167. The smallest absolute Gasteiger partial charge is 0.162 e. The lowest BCUT2D eigenvalue weighted by atomic mass is 9.98. The maximum atomic E-state index is 12.8. The third kappa shape index (κ3) is 3.97. The molecule has 4 heteroatoms. The lowest BCUT2D eigenvalue weighted by molar-refractivity contribution is -0.125. The van der Waals surface area contributed by atoms with Gasteiger partial charge in [0.25, 0.3) is 0 Å². The van der Waals surface area contributed by atoms with Crippen LogP contribution < -0.4 is 0 Å². The van der Waals surface area contributed by atoms with Gasteiger partial charge in [0.2, 0.25) is 0 Å². The van der Waals surface area contributed by atoms with Crippen molar-refractivity contribution in [2.75, 3.05) is 19.6 Å². The Morgan fingerprint density at radius 1 is 1.35 bits per heavy atom. The van der Waals surface area contributed by atoms with Crippen LogP contribution in [0.5, 0.6) is 0 Å². The third-order valence-electron chi connectivity index (χ3n) is 3.80. The number of carbonyl (C=O) groups excluding carboxylic acids is 2. The van der Waals surface area contributed by atoms with Gasteiger partial charge in [-0.25, -0.2) is 4.39 Å². The topological polar surface area (TPSA) is 37.4 Å². The number of piperidine rings is 1. The van der Waals surface area contributed by atoms with Crippen molar-refractivity contribution in [3.8, 4) is 0 Å². The van der Waals surface area contributed by atoms with Gasteiger partial charge >= 0.3 is 0 Å². The molecule has 1 fully saturated rings. The van der Waals surface area contributed by atoms with Crippen molar-refractivity contribution in [1.82, 2.24) is 4.90 Å². The van der Waals surface area contributed by atoms with Gasteiger partial charge in [-0.1, -0.05) is 6.92 Å². The van der Waals surface area contributed by atoms with Crippen LogP contribution in [-0.4, -0.2) is 36.1 Å². The second kappa shape index (κ2) is 6.75. The van der Waals surface area contributed by atoms with Crippen molar-refractivity contribution >= 4 is 11.6 Å². The number of Topliss-reactive ketones (excluding diaryl/α,β-unsaturated/α-hetero) is 2. The molecule has 0 spiro atoms. The summed E-state index contributed by atoms with van der Waals surface area (Å²) in [5, 5.41) is 0. The predicted molar refractivity (Wildman–Crippen MR) is 75.2 cm³/mol. The van der Waals surface area contributed by atoms with Crippen LogP contribution in [0, 0.1) is 11.7 Å². The molecule has 0 N–H and O–H groups in total. The van der Waals surface area contributed by atoms with Crippen LogP contribution in [0.2, 0.25) is 0 Å². The van der Waals surface area contributed by atoms with E-state index in [0.717, 1.165) is 26.1 Å². The number of nitrogens with zero attached hydrogens (tertiary/aromatic N) is 1. The van der Waals surface area contributed by atoms with Gasteiger partial charge in [-0.3, -0.25) is 9.59 Å². The summed E-state index contributed by atoms with van der Waals surface area (Å²) in [7, 11) is 0. The molecule has 1 atom stereocenters. The molecule has 0 saturated carbocycles. The van der Waals surface area contributed by atoms with E-state index in [0.29, 0.717) is 24.2 Å². The first kappa shape index (κ1) is 14.9. The van der Waals surface area contributed by atoms with E-state index < -0.39 is 0 Å².